The van der Waals surface area contributed by atoms with Gasteiger partial charge in [-0.2, -0.15) is 0 Å². The summed E-state index contributed by atoms with van der Waals surface area (Å²) >= 11 is 3.36. The number of anilines is 1. The molecular formula is C20H14BrN3O5. The fourth-order valence-corrected chi connectivity index (χ4v) is 2.79. The van der Waals surface area contributed by atoms with Crippen molar-refractivity contribution in [3.05, 3.63) is 98.5 Å². The number of carbonyl (C=O) groups excluding carboxylic acids is 2. The Morgan fingerprint density at radius 3 is 2.45 bits per heavy atom. The Kier molecular flexibility index (Phi) is 6.20. The Bertz CT molecular complexity index is 1080. The first kappa shape index (κ1) is 20.0. The molecule has 0 radical (unpaired) electrons. The number of non-ortho nitro benzene ring substituents is 1. The van der Waals surface area contributed by atoms with Crippen LogP contribution in [0.3, 0.4) is 0 Å². The van der Waals surface area contributed by atoms with E-state index in [0.717, 1.165) is 4.47 Å². The van der Waals surface area contributed by atoms with Gasteiger partial charge in [0.2, 0.25) is 0 Å². The normalized spacial score (nSPS) is 11.0. The van der Waals surface area contributed by atoms with Crippen molar-refractivity contribution in [3.8, 4) is 0 Å². The first-order valence-electron chi connectivity index (χ1n) is 8.30. The Hall–Kier alpha value is -3.72. The number of halogens is 1. The first-order valence-corrected chi connectivity index (χ1v) is 9.09. The van der Waals surface area contributed by atoms with Gasteiger partial charge in [0.25, 0.3) is 17.5 Å². The molecule has 2 aromatic carbocycles. The highest BCUT2D eigenvalue weighted by molar-refractivity contribution is 9.10. The highest BCUT2D eigenvalue weighted by Gasteiger charge is 2.17. The van der Waals surface area contributed by atoms with Crippen molar-refractivity contribution in [3.63, 3.8) is 0 Å². The van der Waals surface area contributed by atoms with E-state index in [1.165, 1.54) is 42.7 Å². The molecule has 0 atom stereocenters. The van der Waals surface area contributed by atoms with E-state index in [9.17, 15) is 19.7 Å². The summed E-state index contributed by atoms with van der Waals surface area (Å²) in [6, 6.07) is 15.5. The quantitative estimate of drug-likeness (QED) is 0.325. The van der Waals surface area contributed by atoms with E-state index in [-0.39, 0.29) is 17.1 Å². The lowest BCUT2D eigenvalue weighted by molar-refractivity contribution is -0.384. The van der Waals surface area contributed by atoms with E-state index in [4.69, 9.17) is 4.42 Å². The first-order chi connectivity index (χ1) is 13.9. The predicted octanol–water partition coefficient (Wildman–Crippen LogP) is 4.36. The zero-order valence-corrected chi connectivity index (χ0v) is 16.4. The topological polar surface area (TPSA) is 114 Å². The molecule has 0 saturated heterocycles. The maximum atomic E-state index is 12.8. The molecule has 146 valence electrons. The van der Waals surface area contributed by atoms with Crippen LogP contribution in [0.15, 0.2) is 81.5 Å². The van der Waals surface area contributed by atoms with Crippen LogP contribution >= 0.6 is 15.9 Å². The Labute approximate surface area is 173 Å². The molecule has 8 nitrogen and oxygen atoms in total. The molecule has 0 unspecified atom stereocenters. The van der Waals surface area contributed by atoms with Gasteiger partial charge < -0.3 is 15.1 Å². The molecule has 0 aliphatic heterocycles. The van der Waals surface area contributed by atoms with Crippen LogP contribution < -0.4 is 10.6 Å². The monoisotopic (exact) mass is 455 g/mol. The summed E-state index contributed by atoms with van der Waals surface area (Å²) in [6.07, 6.45) is 2.86. The number of nitrogens with zero attached hydrogens (tertiary/aromatic N) is 1. The molecule has 9 heteroatoms. The third-order valence-electron chi connectivity index (χ3n) is 3.73. The van der Waals surface area contributed by atoms with E-state index in [1.807, 2.05) is 6.07 Å². The van der Waals surface area contributed by atoms with Gasteiger partial charge in [0, 0.05) is 22.3 Å². The molecule has 0 saturated carbocycles. The minimum atomic E-state index is -0.598. The van der Waals surface area contributed by atoms with Crippen molar-refractivity contribution in [1.82, 2.24) is 5.32 Å². The molecule has 0 aliphatic carbocycles. The molecular weight excluding hydrogens is 442 g/mol. The van der Waals surface area contributed by atoms with Crippen molar-refractivity contribution >= 4 is 45.2 Å². The van der Waals surface area contributed by atoms with Gasteiger partial charge in [0.05, 0.1) is 11.2 Å². The summed E-state index contributed by atoms with van der Waals surface area (Å²) in [5.41, 5.74) is 0.892. The zero-order valence-electron chi connectivity index (χ0n) is 14.8. The molecule has 0 aliphatic rings. The van der Waals surface area contributed by atoms with Crippen LogP contribution in [-0.2, 0) is 4.79 Å². The van der Waals surface area contributed by atoms with Crippen LogP contribution in [0.25, 0.3) is 6.08 Å². The van der Waals surface area contributed by atoms with Crippen molar-refractivity contribution < 1.29 is 18.9 Å². The molecule has 0 spiro atoms. The fourth-order valence-electron chi connectivity index (χ4n) is 2.38. The van der Waals surface area contributed by atoms with Gasteiger partial charge in [-0.3, -0.25) is 19.7 Å². The number of hydrogen-bond donors (Lipinski definition) is 2. The largest absolute Gasteiger partial charge is 0.459 e. The lowest BCUT2D eigenvalue weighted by atomic mass is 10.2. The SMILES string of the molecule is O=C(Nc1ccc([N+](=O)[O-])cc1)C(=Cc1cccc(Br)c1)NC(=O)c1ccco1. The molecule has 0 bridgehead atoms. The van der Waals surface area contributed by atoms with Crippen molar-refractivity contribution in [2.75, 3.05) is 5.32 Å². The number of rotatable bonds is 6. The number of hydrogen-bond acceptors (Lipinski definition) is 5. The average molecular weight is 456 g/mol. The van der Waals surface area contributed by atoms with E-state index >= 15 is 0 Å². The molecule has 2 amide bonds. The maximum absolute atomic E-state index is 12.8. The number of carbonyl (C=O) groups is 2. The number of furan rings is 1. The van der Waals surface area contributed by atoms with E-state index < -0.39 is 16.7 Å². The van der Waals surface area contributed by atoms with Crippen LogP contribution in [0, 0.1) is 10.1 Å². The van der Waals surface area contributed by atoms with Crippen LogP contribution in [0.1, 0.15) is 16.1 Å². The molecule has 1 aromatic heterocycles. The minimum absolute atomic E-state index is 0.0251. The lowest BCUT2D eigenvalue weighted by Crippen LogP contribution is -2.30. The second-order valence-electron chi connectivity index (χ2n) is 5.80. The zero-order chi connectivity index (χ0) is 20.8. The van der Waals surface area contributed by atoms with Gasteiger partial charge in [0.1, 0.15) is 5.70 Å². The van der Waals surface area contributed by atoms with Crippen LogP contribution in [0.4, 0.5) is 11.4 Å². The smallest absolute Gasteiger partial charge is 0.291 e. The second kappa shape index (κ2) is 8.98. The Balaban J connectivity index is 1.85. The van der Waals surface area contributed by atoms with E-state index in [2.05, 4.69) is 26.6 Å². The molecule has 0 fully saturated rings. The van der Waals surface area contributed by atoms with Gasteiger partial charge in [0.15, 0.2) is 5.76 Å². The number of nitro benzene ring substituents is 1. The molecule has 1 heterocycles. The van der Waals surface area contributed by atoms with Crippen LogP contribution in [-0.4, -0.2) is 16.7 Å². The summed E-state index contributed by atoms with van der Waals surface area (Å²) < 4.78 is 5.86. The van der Waals surface area contributed by atoms with Crippen molar-refractivity contribution in [2.45, 2.75) is 0 Å². The highest BCUT2D eigenvalue weighted by atomic mass is 79.9. The number of nitrogens with one attached hydrogen (secondary N) is 2. The molecule has 2 N–H and O–H groups in total. The van der Waals surface area contributed by atoms with Crippen LogP contribution in [0.5, 0.6) is 0 Å². The molecule has 29 heavy (non-hydrogen) atoms. The molecule has 3 aromatic rings. The summed E-state index contributed by atoms with van der Waals surface area (Å²) in [4.78, 5) is 35.3. The Morgan fingerprint density at radius 1 is 1.07 bits per heavy atom. The fraction of sp³-hybridized carbons (Fsp3) is 0. The highest BCUT2D eigenvalue weighted by Crippen LogP contribution is 2.18. The lowest BCUT2D eigenvalue weighted by Gasteiger charge is -2.10. The average Bonchev–Trinajstić information content (AvgIpc) is 3.23. The summed E-state index contributed by atoms with van der Waals surface area (Å²) in [5, 5.41) is 15.9. The van der Waals surface area contributed by atoms with Gasteiger partial charge in [-0.05, 0) is 48.0 Å². The van der Waals surface area contributed by atoms with Gasteiger partial charge in [-0.25, -0.2) is 0 Å². The number of benzene rings is 2. The Morgan fingerprint density at radius 2 is 1.83 bits per heavy atom. The third-order valence-corrected chi connectivity index (χ3v) is 4.23. The molecule has 3 rings (SSSR count). The minimum Gasteiger partial charge on any atom is -0.459 e. The van der Waals surface area contributed by atoms with Crippen molar-refractivity contribution in [2.24, 2.45) is 0 Å². The van der Waals surface area contributed by atoms with E-state index in [0.29, 0.717) is 11.3 Å². The predicted molar refractivity (Wildman–Crippen MR) is 110 cm³/mol. The van der Waals surface area contributed by atoms with Crippen molar-refractivity contribution in [1.29, 1.82) is 0 Å². The van der Waals surface area contributed by atoms with Gasteiger partial charge in [-0.15, -0.1) is 0 Å². The third kappa shape index (κ3) is 5.39. The van der Waals surface area contributed by atoms with E-state index in [1.54, 1.807) is 24.3 Å². The van der Waals surface area contributed by atoms with Crippen LogP contribution in [0.2, 0.25) is 0 Å². The summed E-state index contributed by atoms with van der Waals surface area (Å²) in [5.74, 6) is -1.14. The maximum Gasteiger partial charge on any atom is 0.291 e. The van der Waals surface area contributed by atoms with Gasteiger partial charge in [-0.1, -0.05) is 28.1 Å². The number of nitro groups is 1. The standard InChI is InChI=1S/C20H14BrN3O5/c21-14-4-1-3-13(11-14)12-17(23-20(26)18-5-2-10-29-18)19(25)22-15-6-8-16(9-7-15)24(27)28/h1-12H,(H,22,25)(H,23,26). The second-order valence-corrected chi connectivity index (χ2v) is 6.72. The number of amides is 2. The summed E-state index contributed by atoms with van der Waals surface area (Å²) in [7, 11) is 0. The summed E-state index contributed by atoms with van der Waals surface area (Å²) in [6.45, 7) is 0. The van der Waals surface area contributed by atoms with Gasteiger partial charge >= 0.3 is 0 Å².